The summed E-state index contributed by atoms with van der Waals surface area (Å²) >= 11 is 7.38. The maximum absolute atomic E-state index is 12.3. The molecule has 1 aliphatic rings. The lowest BCUT2D eigenvalue weighted by molar-refractivity contribution is -0.138. The van der Waals surface area contributed by atoms with Gasteiger partial charge in [0.25, 0.3) is 0 Å². The van der Waals surface area contributed by atoms with Gasteiger partial charge in [-0.05, 0) is 19.1 Å². The van der Waals surface area contributed by atoms with E-state index in [4.69, 9.17) is 16.3 Å². The molecule has 0 radical (unpaired) electrons. The fourth-order valence-electron chi connectivity index (χ4n) is 2.00. The normalized spacial score (nSPS) is 23.9. The summed E-state index contributed by atoms with van der Waals surface area (Å²) in [6, 6.07) is 3.55. The molecule has 1 fully saturated rings. The van der Waals surface area contributed by atoms with E-state index in [1.807, 2.05) is 19.1 Å². The summed E-state index contributed by atoms with van der Waals surface area (Å²) in [6.45, 7) is 3.89. The first-order valence-electron chi connectivity index (χ1n) is 5.92. The highest BCUT2D eigenvalue weighted by molar-refractivity contribution is 7.16. The lowest BCUT2D eigenvalue weighted by Gasteiger charge is -2.32. The number of halogens is 1. The molecule has 1 aromatic rings. The van der Waals surface area contributed by atoms with Crippen LogP contribution in [-0.2, 0) is 16.1 Å². The van der Waals surface area contributed by atoms with E-state index in [1.165, 1.54) is 11.3 Å². The van der Waals surface area contributed by atoms with Gasteiger partial charge in [0.1, 0.15) is 6.04 Å². The number of likely N-dealkylation sites (N-methyl/N-ethyl adjacent to an activating group) is 1. The van der Waals surface area contributed by atoms with Gasteiger partial charge < -0.3 is 15.0 Å². The molecule has 18 heavy (non-hydrogen) atoms. The van der Waals surface area contributed by atoms with Crippen molar-refractivity contribution in [1.29, 1.82) is 0 Å². The van der Waals surface area contributed by atoms with E-state index < -0.39 is 0 Å². The molecule has 100 valence electrons. The maximum atomic E-state index is 12.3. The van der Waals surface area contributed by atoms with Crippen molar-refractivity contribution in [2.75, 3.05) is 20.2 Å². The molecule has 2 rings (SSSR count). The van der Waals surface area contributed by atoms with Crippen molar-refractivity contribution in [2.24, 2.45) is 0 Å². The molecular formula is C12H17ClN2O2S. The molecule has 0 spiro atoms. The Balaban J connectivity index is 1.95. The number of thiophene rings is 1. The second-order valence-electron chi connectivity index (χ2n) is 4.41. The van der Waals surface area contributed by atoms with Gasteiger partial charge in [0.15, 0.2) is 0 Å². The van der Waals surface area contributed by atoms with Gasteiger partial charge in [0, 0.05) is 18.5 Å². The van der Waals surface area contributed by atoms with Crippen LogP contribution < -0.4 is 5.32 Å². The number of nitrogens with zero attached hydrogens (tertiary/aromatic N) is 1. The number of rotatable bonds is 3. The zero-order valence-electron chi connectivity index (χ0n) is 10.5. The van der Waals surface area contributed by atoms with Crippen LogP contribution in [0, 0.1) is 0 Å². The van der Waals surface area contributed by atoms with Crippen molar-refractivity contribution in [3.8, 4) is 0 Å². The van der Waals surface area contributed by atoms with Gasteiger partial charge in [-0.25, -0.2) is 0 Å². The fraction of sp³-hybridized carbons (Fsp3) is 0.583. The number of hydrogen-bond donors (Lipinski definition) is 1. The largest absolute Gasteiger partial charge is 0.375 e. The second kappa shape index (κ2) is 6.02. The highest BCUT2D eigenvalue weighted by Crippen LogP contribution is 2.22. The van der Waals surface area contributed by atoms with Crippen LogP contribution in [0.1, 0.15) is 11.8 Å². The highest BCUT2D eigenvalue weighted by atomic mass is 35.5. The number of carbonyl (C=O) groups is 1. The summed E-state index contributed by atoms with van der Waals surface area (Å²) in [7, 11) is 1.80. The third kappa shape index (κ3) is 3.23. The summed E-state index contributed by atoms with van der Waals surface area (Å²) in [4.78, 5) is 15.1. The first-order valence-corrected chi connectivity index (χ1v) is 7.11. The number of hydrogen-bond acceptors (Lipinski definition) is 4. The predicted octanol–water partition coefficient (Wildman–Crippen LogP) is 1.74. The van der Waals surface area contributed by atoms with Crippen LogP contribution in [0.5, 0.6) is 0 Å². The molecule has 0 aliphatic carbocycles. The van der Waals surface area contributed by atoms with Crippen molar-refractivity contribution in [3.05, 3.63) is 21.3 Å². The quantitative estimate of drug-likeness (QED) is 0.921. The zero-order valence-corrected chi connectivity index (χ0v) is 12.1. The zero-order chi connectivity index (χ0) is 13.1. The number of nitrogens with one attached hydrogen (secondary N) is 1. The third-order valence-electron chi connectivity index (χ3n) is 2.98. The maximum Gasteiger partial charge on any atom is 0.242 e. The molecule has 0 unspecified atom stereocenters. The van der Waals surface area contributed by atoms with E-state index in [9.17, 15) is 4.79 Å². The molecule has 0 saturated carbocycles. The van der Waals surface area contributed by atoms with Crippen LogP contribution in [0.4, 0.5) is 0 Å². The average Bonchev–Trinajstić information content (AvgIpc) is 2.74. The molecule has 1 amide bonds. The topological polar surface area (TPSA) is 41.6 Å². The molecule has 1 saturated heterocycles. The first kappa shape index (κ1) is 13.8. The highest BCUT2D eigenvalue weighted by Gasteiger charge is 2.30. The number of amides is 1. The lowest BCUT2D eigenvalue weighted by atomic mass is 10.1. The van der Waals surface area contributed by atoms with Gasteiger partial charge >= 0.3 is 0 Å². The van der Waals surface area contributed by atoms with Crippen molar-refractivity contribution in [3.63, 3.8) is 0 Å². The molecule has 1 N–H and O–H groups in total. The van der Waals surface area contributed by atoms with Crippen LogP contribution in [-0.4, -0.2) is 43.2 Å². The number of morpholine rings is 1. The summed E-state index contributed by atoms with van der Waals surface area (Å²) in [5.74, 6) is 0.0618. The summed E-state index contributed by atoms with van der Waals surface area (Å²) in [5, 5.41) is 3.20. The molecule has 0 bridgehead atoms. The Morgan fingerprint density at radius 2 is 2.44 bits per heavy atom. The van der Waals surface area contributed by atoms with Gasteiger partial charge in [-0.3, -0.25) is 4.79 Å². The Morgan fingerprint density at radius 3 is 3.06 bits per heavy atom. The molecule has 4 nitrogen and oxygen atoms in total. The molecule has 1 aromatic heterocycles. The Morgan fingerprint density at radius 1 is 1.67 bits per heavy atom. The average molecular weight is 289 g/mol. The van der Waals surface area contributed by atoms with Crippen molar-refractivity contribution in [1.82, 2.24) is 10.2 Å². The van der Waals surface area contributed by atoms with E-state index in [-0.39, 0.29) is 18.1 Å². The van der Waals surface area contributed by atoms with Gasteiger partial charge in [0.2, 0.25) is 5.91 Å². The van der Waals surface area contributed by atoms with Gasteiger partial charge in [-0.1, -0.05) is 11.6 Å². The minimum Gasteiger partial charge on any atom is -0.375 e. The summed E-state index contributed by atoms with van der Waals surface area (Å²) in [6.07, 6.45) is -0.0828. The Kier molecular flexibility index (Phi) is 4.61. The van der Waals surface area contributed by atoms with Gasteiger partial charge in [0.05, 0.1) is 23.6 Å². The van der Waals surface area contributed by atoms with Crippen LogP contribution in [0.15, 0.2) is 12.1 Å². The van der Waals surface area contributed by atoms with Crippen LogP contribution in [0.2, 0.25) is 4.34 Å². The Bertz CT molecular complexity index is 424. The van der Waals surface area contributed by atoms with E-state index in [1.54, 1.807) is 11.9 Å². The predicted molar refractivity (Wildman–Crippen MR) is 73.0 cm³/mol. The van der Waals surface area contributed by atoms with E-state index >= 15 is 0 Å². The third-order valence-corrected chi connectivity index (χ3v) is 4.20. The fourth-order valence-corrected chi connectivity index (χ4v) is 3.14. The van der Waals surface area contributed by atoms with Gasteiger partial charge in [-0.2, -0.15) is 0 Å². The monoisotopic (exact) mass is 288 g/mol. The molecule has 6 heteroatoms. The van der Waals surface area contributed by atoms with E-state index in [0.29, 0.717) is 13.2 Å². The first-order chi connectivity index (χ1) is 8.58. The van der Waals surface area contributed by atoms with Crippen molar-refractivity contribution < 1.29 is 9.53 Å². The molecule has 1 aliphatic heterocycles. The van der Waals surface area contributed by atoms with Crippen LogP contribution >= 0.6 is 22.9 Å². The Labute approximate surface area is 116 Å². The summed E-state index contributed by atoms with van der Waals surface area (Å²) in [5.41, 5.74) is 0. The van der Waals surface area contributed by atoms with Crippen molar-refractivity contribution in [2.45, 2.75) is 25.6 Å². The van der Waals surface area contributed by atoms with Crippen molar-refractivity contribution >= 4 is 28.8 Å². The molecular weight excluding hydrogens is 272 g/mol. The molecule has 0 aromatic carbocycles. The van der Waals surface area contributed by atoms with Gasteiger partial charge in [-0.15, -0.1) is 11.3 Å². The minimum atomic E-state index is -0.251. The molecule has 2 atom stereocenters. The van der Waals surface area contributed by atoms with E-state index in [0.717, 1.165) is 15.8 Å². The lowest BCUT2D eigenvalue weighted by Crippen LogP contribution is -2.55. The number of carbonyl (C=O) groups excluding carboxylic acids is 1. The van der Waals surface area contributed by atoms with Crippen LogP contribution in [0.3, 0.4) is 0 Å². The van der Waals surface area contributed by atoms with E-state index in [2.05, 4.69) is 5.32 Å². The number of ether oxygens (including phenoxy) is 1. The van der Waals surface area contributed by atoms with Crippen LogP contribution in [0.25, 0.3) is 0 Å². The molecule has 2 heterocycles. The Hall–Kier alpha value is -0.620. The summed E-state index contributed by atoms with van der Waals surface area (Å²) < 4.78 is 6.24. The smallest absolute Gasteiger partial charge is 0.242 e. The second-order valence-corrected chi connectivity index (χ2v) is 6.21. The SMILES string of the molecule is C[C@H]1OCCN[C@@H]1C(=O)N(C)Cc1ccc(Cl)s1. The minimum absolute atomic E-state index is 0.0618. The standard InChI is InChI=1S/C12H17ClN2O2S/c1-8-11(14-5-6-17-8)12(16)15(2)7-9-3-4-10(13)18-9/h3-4,8,11,14H,5-7H2,1-2H3/t8-,11+/m1/s1.